The van der Waals surface area contributed by atoms with Crippen molar-refractivity contribution in [3.8, 4) is 5.75 Å². The van der Waals surface area contributed by atoms with Crippen molar-refractivity contribution in [1.82, 2.24) is 10.2 Å². The first-order valence-electron chi connectivity index (χ1n) is 9.07. The van der Waals surface area contributed by atoms with Gasteiger partial charge in [-0.3, -0.25) is 9.59 Å². The molecular weight excluding hydrogens is 340 g/mol. The lowest BCUT2D eigenvalue weighted by atomic mass is 10.0. The van der Waals surface area contributed by atoms with Gasteiger partial charge in [0.25, 0.3) is 5.91 Å². The highest BCUT2D eigenvalue weighted by Gasteiger charge is 2.27. The molecule has 1 atom stereocenters. The molecule has 0 fully saturated rings. The van der Waals surface area contributed by atoms with Gasteiger partial charge < -0.3 is 15.0 Å². The minimum Gasteiger partial charge on any atom is -0.497 e. The van der Waals surface area contributed by atoms with E-state index in [1.54, 1.807) is 31.2 Å². The van der Waals surface area contributed by atoms with Crippen molar-refractivity contribution in [2.45, 2.75) is 33.4 Å². The Morgan fingerprint density at radius 3 is 2.37 bits per heavy atom. The lowest BCUT2D eigenvalue weighted by Gasteiger charge is -2.27. The number of aryl methyl sites for hydroxylation is 1. The van der Waals surface area contributed by atoms with Gasteiger partial charge in [-0.15, -0.1) is 0 Å². The maximum Gasteiger partial charge on any atom is 0.251 e. The molecule has 0 aliphatic carbocycles. The van der Waals surface area contributed by atoms with Gasteiger partial charge in [-0.05, 0) is 42.7 Å². The number of nitrogens with one attached hydrogen (secondary N) is 1. The third-order valence-corrected chi connectivity index (χ3v) is 4.46. The molecule has 0 radical (unpaired) electrons. The fraction of sp³-hybridized carbons (Fsp3) is 0.364. The maximum absolute atomic E-state index is 12.9. The Balaban J connectivity index is 2.08. The average Bonchev–Trinajstić information content (AvgIpc) is 2.65. The quantitative estimate of drug-likeness (QED) is 0.815. The number of benzene rings is 2. The summed E-state index contributed by atoms with van der Waals surface area (Å²) in [6, 6.07) is 14.3. The van der Waals surface area contributed by atoms with Crippen molar-refractivity contribution in [2.75, 3.05) is 14.2 Å². The van der Waals surface area contributed by atoms with Gasteiger partial charge >= 0.3 is 0 Å². The molecule has 2 amide bonds. The molecule has 0 saturated carbocycles. The summed E-state index contributed by atoms with van der Waals surface area (Å²) in [5.74, 6) is 0.367. The lowest BCUT2D eigenvalue weighted by molar-refractivity contribution is -0.133. The van der Waals surface area contributed by atoms with Crippen molar-refractivity contribution >= 4 is 11.8 Å². The summed E-state index contributed by atoms with van der Waals surface area (Å²) in [6.45, 7) is 6.27. The SMILES string of the molecule is COc1cccc(CN(C)C(=O)[C@@H](NC(=O)c2ccc(C)cc2)C(C)C)c1. The summed E-state index contributed by atoms with van der Waals surface area (Å²) >= 11 is 0. The predicted molar refractivity (Wildman–Crippen MR) is 107 cm³/mol. The van der Waals surface area contributed by atoms with E-state index < -0.39 is 6.04 Å². The van der Waals surface area contributed by atoms with Crippen LogP contribution in [0.15, 0.2) is 48.5 Å². The van der Waals surface area contributed by atoms with Gasteiger partial charge in [0.1, 0.15) is 11.8 Å². The van der Waals surface area contributed by atoms with Crippen LogP contribution >= 0.6 is 0 Å². The molecule has 0 aliphatic heterocycles. The molecule has 0 spiro atoms. The Morgan fingerprint density at radius 2 is 1.78 bits per heavy atom. The number of likely N-dealkylation sites (N-methyl/N-ethyl adjacent to an activating group) is 1. The molecule has 0 unspecified atom stereocenters. The Hall–Kier alpha value is -2.82. The molecule has 0 aliphatic rings. The van der Waals surface area contributed by atoms with Gasteiger partial charge in [0.2, 0.25) is 5.91 Å². The molecule has 0 bridgehead atoms. The van der Waals surface area contributed by atoms with E-state index in [9.17, 15) is 9.59 Å². The van der Waals surface area contributed by atoms with E-state index in [-0.39, 0.29) is 17.7 Å². The van der Waals surface area contributed by atoms with E-state index in [2.05, 4.69) is 5.32 Å². The van der Waals surface area contributed by atoms with Crippen LogP contribution < -0.4 is 10.1 Å². The lowest BCUT2D eigenvalue weighted by Crippen LogP contribution is -2.50. The second-order valence-electron chi connectivity index (χ2n) is 7.11. The molecule has 0 heterocycles. The first kappa shape index (κ1) is 20.5. The van der Waals surface area contributed by atoms with Crippen LogP contribution in [-0.2, 0) is 11.3 Å². The number of rotatable bonds is 7. The fourth-order valence-corrected chi connectivity index (χ4v) is 2.80. The summed E-state index contributed by atoms with van der Waals surface area (Å²) in [4.78, 5) is 27.1. The second kappa shape index (κ2) is 9.21. The topological polar surface area (TPSA) is 58.6 Å². The number of carbonyl (C=O) groups excluding carboxylic acids is 2. The largest absolute Gasteiger partial charge is 0.497 e. The molecular formula is C22H28N2O3. The van der Waals surface area contributed by atoms with Crippen LogP contribution in [0.4, 0.5) is 0 Å². The number of nitrogens with zero attached hydrogens (tertiary/aromatic N) is 1. The van der Waals surface area contributed by atoms with Crippen molar-refractivity contribution < 1.29 is 14.3 Å². The Bertz CT molecular complexity index is 784. The Labute approximate surface area is 161 Å². The van der Waals surface area contributed by atoms with Crippen molar-refractivity contribution in [3.05, 3.63) is 65.2 Å². The number of carbonyl (C=O) groups is 2. The van der Waals surface area contributed by atoms with Gasteiger partial charge in [0.15, 0.2) is 0 Å². The number of ether oxygens (including phenoxy) is 1. The summed E-state index contributed by atoms with van der Waals surface area (Å²) in [6.07, 6.45) is 0. The maximum atomic E-state index is 12.9. The van der Waals surface area contributed by atoms with E-state index in [0.717, 1.165) is 16.9 Å². The zero-order valence-electron chi connectivity index (χ0n) is 16.7. The van der Waals surface area contributed by atoms with Gasteiger partial charge in [-0.2, -0.15) is 0 Å². The number of hydrogen-bond donors (Lipinski definition) is 1. The Kier molecular flexibility index (Phi) is 6.99. The Morgan fingerprint density at radius 1 is 1.11 bits per heavy atom. The molecule has 5 heteroatoms. The fourth-order valence-electron chi connectivity index (χ4n) is 2.80. The highest BCUT2D eigenvalue weighted by atomic mass is 16.5. The van der Waals surface area contributed by atoms with E-state index >= 15 is 0 Å². The predicted octanol–water partition coefficient (Wildman–Crippen LogP) is 3.42. The van der Waals surface area contributed by atoms with Crippen molar-refractivity contribution in [3.63, 3.8) is 0 Å². The molecule has 27 heavy (non-hydrogen) atoms. The molecule has 0 aromatic heterocycles. The standard InChI is InChI=1S/C22H28N2O3/c1-15(2)20(23-21(25)18-11-9-16(3)10-12-18)22(26)24(4)14-17-7-6-8-19(13-17)27-5/h6-13,15,20H,14H2,1-5H3,(H,23,25)/t20-/m0/s1. The van der Waals surface area contributed by atoms with Gasteiger partial charge in [-0.1, -0.05) is 43.7 Å². The zero-order valence-corrected chi connectivity index (χ0v) is 16.7. The van der Waals surface area contributed by atoms with Crippen molar-refractivity contribution in [1.29, 1.82) is 0 Å². The molecule has 2 aromatic rings. The molecule has 1 N–H and O–H groups in total. The third-order valence-electron chi connectivity index (χ3n) is 4.46. The number of methoxy groups -OCH3 is 1. The molecule has 144 valence electrons. The monoisotopic (exact) mass is 368 g/mol. The molecule has 2 rings (SSSR count). The van der Waals surface area contributed by atoms with Crippen LogP contribution in [-0.4, -0.2) is 36.9 Å². The van der Waals surface area contributed by atoms with E-state index in [4.69, 9.17) is 4.74 Å². The average molecular weight is 368 g/mol. The second-order valence-corrected chi connectivity index (χ2v) is 7.11. The first-order valence-corrected chi connectivity index (χ1v) is 9.07. The van der Waals surface area contributed by atoms with Crippen LogP contribution in [0.2, 0.25) is 0 Å². The highest BCUT2D eigenvalue weighted by Crippen LogP contribution is 2.15. The van der Waals surface area contributed by atoms with Gasteiger partial charge in [0.05, 0.1) is 7.11 Å². The smallest absolute Gasteiger partial charge is 0.251 e. The van der Waals surface area contributed by atoms with Gasteiger partial charge in [0, 0.05) is 19.2 Å². The summed E-state index contributed by atoms with van der Waals surface area (Å²) in [7, 11) is 3.36. The molecule has 2 aromatic carbocycles. The van der Waals surface area contributed by atoms with Gasteiger partial charge in [-0.25, -0.2) is 0 Å². The molecule has 0 saturated heterocycles. The highest BCUT2D eigenvalue weighted by molar-refractivity contribution is 5.97. The van der Waals surface area contributed by atoms with E-state index in [1.165, 1.54) is 0 Å². The van der Waals surface area contributed by atoms with Crippen LogP contribution in [0, 0.1) is 12.8 Å². The van der Waals surface area contributed by atoms with Crippen LogP contribution in [0.25, 0.3) is 0 Å². The summed E-state index contributed by atoms with van der Waals surface area (Å²) in [5.41, 5.74) is 2.60. The normalized spacial score (nSPS) is 11.8. The summed E-state index contributed by atoms with van der Waals surface area (Å²) in [5, 5.41) is 2.89. The number of hydrogen-bond acceptors (Lipinski definition) is 3. The van der Waals surface area contributed by atoms with Crippen LogP contribution in [0.5, 0.6) is 5.75 Å². The minimum atomic E-state index is -0.589. The molecule has 5 nitrogen and oxygen atoms in total. The third kappa shape index (κ3) is 5.58. The summed E-state index contributed by atoms with van der Waals surface area (Å²) < 4.78 is 5.23. The minimum absolute atomic E-state index is 0.0281. The van der Waals surface area contributed by atoms with E-state index in [0.29, 0.717) is 12.1 Å². The van der Waals surface area contributed by atoms with Crippen LogP contribution in [0.1, 0.15) is 35.3 Å². The first-order chi connectivity index (χ1) is 12.8. The zero-order chi connectivity index (χ0) is 20.0. The van der Waals surface area contributed by atoms with Crippen LogP contribution in [0.3, 0.4) is 0 Å². The van der Waals surface area contributed by atoms with Crippen molar-refractivity contribution in [2.24, 2.45) is 5.92 Å². The van der Waals surface area contributed by atoms with E-state index in [1.807, 2.05) is 57.2 Å². The number of amides is 2.